The number of nitrogens with zero attached hydrogens (tertiary/aromatic N) is 1. The van der Waals surface area contributed by atoms with Crippen molar-refractivity contribution in [2.75, 3.05) is 12.4 Å². The van der Waals surface area contributed by atoms with Gasteiger partial charge in [0.1, 0.15) is 0 Å². The molecule has 2 amide bonds. The molecule has 0 aromatic heterocycles. The lowest BCUT2D eigenvalue weighted by Gasteiger charge is -2.28. The van der Waals surface area contributed by atoms with Gasteiger partial charge in [-0.15, -0.1) is 11.8 Å². The van der Waals surface area contributed by atoms with Crippen LogP contribution in [0.4, 0.5) is 0 Å². The van der Waals surface area contributed by atoms with E-state index in [2.05, 4.69) is 0 Å². The SMILES string of the molecule is Cc1ccc(C2=C(SCCO)C(=O)N(C3CCCCCCC3)C2=O)c(C)c1. The van der Waals surface area contributed by atoms with Crippen molar-refractivity contribution in [1.82, 2.24) is 4.90 Å². The van der Waals surface area contributed by atoms with E-state index in [0.717, 1.165) is 42.4 Å². The van der Waals surface area contributed by atoms with Gasteiger partial charge in [-0.05, 0) is 37.8 Å². The number of rotatable bonds is 5. The van der Waals surface area contributed by atoms with Gasteiger partial charge < -0.3 is 5.11 Å². The van der Waals surface area contributed by atoms with Crippen molar-refractivity contribution in [3.8, 4) is 0 Å². The number of hydrogen-bond acceptors (Lipinski definition) is 4. The summed E-state index contributed by atoms with van der Waals surface area (Å²) in [6.07, 6.45) is 7.54. The lowest BCUT2D eigenvalue weighted by molar-refractivity contribution is -0.139. The van der Waals surface area contributed by atoms with E-state index in [4.69, 9.17) is 0 Å². The van der Waals surface area contributed by atoms with Crippen molar-refractivity contribution in [3.63, 3.8) is 0 Å². The summed E-state index contributed by atoms with van der Waals surface area (Å²) in [6, 6.07) is 5.98. The van der Waals surface area contributed by atoms with Gasteiger partial charge >= 0.3 is 0 Å². The number of thioether (sulfide) groups is 1. The molecule has 1 aromatic carbocycles. The van der Waals surface area contributed by atoms with E-state index < -0.39 is 0 Å². The van der Waals surface area contributed by atoms with Crippen molar-refractivity contribution in [2.24, 2.45) is 0 Å². The highest BCUT2D eigenvalue weighted by molar-refractivity contribution is 8.04. The normalized spacial score (nSPS) is 19.6. The number of amides is 2. The Morgan fingerprint density at radius 1 is 1.04 bits per heavy atom. The lowest BCUT2D eigenvalue weighted by atomic mass is 9.95. The first-order chi connectivity index (χ1) is 13.0. The van der Waals surface area contributed by atoms with Crippen molar-refractivity contribution in [3.05, 3.63) is 39.8 Å². The summed E-state index contributed by atoms with van der Waals surface area (Å²) in [5, 5.41) is 9.26. The van der Waals surface area contributed by atoms with Crippen molar-refractivity contribution < 1.29 is 14.7 Å². The molecule has 0 radical (unpaired) electrons. The lowest BCUT2D eigenvalue weighted by Crippen LogP contribution is -2.41. The van der Waals surface area contributed by atoms with Gasteiger partial charge in [0.2, 0.25) is 0 Å². The van der Waals surface area contributed by atoms with Gasteiger partial charge in [0.05, 0.1) is 17.1 Å². The fraction of sp³-hybridized carbons (Fsp3) is 0.545. The number of aliphatic hydroxyl groups excluding tert-OH is 1. The molecule has 1 aliphatic heterocycles. The third kappa shape index (κ3) is 4.30. The van der Waals surface area contributed by atoms with Gasteiger partial charge in [0, 0.05) is 11.8 Å². The van der Waals surface area contributed by atoms with Crippen LogP contribution in [0.3, 0.4) is 0 Å². The third-order valence-electron chi connectivity index (χ3n) is 5.50. The van der Waals surface area contributed by atoms with Gasteiger partial charge in [0.25, 0.3) is 11.8 Å². The van der Waals surface area contributed by atoms with E-state index in [0.29, 0.717) is 16.2 Å². The van der Waals surface area contributed by atoms with Crippen LogP contribution < -0.4 is 0 Å². The molecule has 1 saturated carbocycles. The summed E-state index contributed by atoms with van der Waals surface area (Å²) in [5.41, 5.74) is 3.51. The minimum absolute atomic E-state index is 0.00159. The van der Waals surface area contributed by atoms with Crippen molar-refractivity contribution >= 4 is 29.1 Å². The number of benzene rings is 1. The van der Waals surface area contributed by atoms with E-state index in [9.17, 15) is 14.7 Å². The summed E-state index contributed by atoms with van der Waals surface area (Å²) in [7, 11) is 0. The second-order valence-corrected chi connectivity index (χ2v) is 8.68. The van der Waals surface area contributed by atoms with Crippen LogP contribution in [0, 0.1) is 13.8 Å². The van der Waals surface area contributed by atoms with Crippen molar-refractivity contribution in [1.29, 1.82) is 0 Å². The smallest absolute Gasteiger partial charge is 0.268 e. The summed E-state index contributed by atoms with van der Waals surface area (Å²) < 4.78 is 0. The minimum Gasteiger partial charge on any atom is -0.396 e. The van der Waals surface area contributed by atoms with Gasteiger partial charge in [-0.1, -0.05) is 55.9 Å². The van der Waals surface area contributed by atoms with Gasteiger partial charge in [-0.2, -0.15) is 0 Å². The molecule has 1 fully saturated rings. The summed E-state index contributed by atoms with van der Waals surface area (Å²) in [6.45, 7) is 3.99. The van der Waals surface area contributed by atoms with E-state index >= 15 is 0 Å². The highest BCUT2D eigenvalue weighted by Crippen LogP contribution is 2.39. The van der Waals surface area contributed by atoms with Crippen LogP contribution in [-0.2, 0) is 9.59 Å². The molecule has 0 bridgehead atoms. The van der Waals surface area contributed by atoms with Gasteiger partial charge in [0.15, 0.2) is 0 Å². The molecule has 3 rings (SSSR count). The molecular weight excluding hydrogens is 358 g/mol. The number of hydrogen-bond donors (Lipinski definition) is 1. The molecule has 2 aliphatic rings. The molecule has 0 saturated heterocycles. The number of carbonyl (C=O) groups excluding carboxylic acids is 2. The number of imide groups is 1. The minimum atomic E-state index is -0.168. The average Bonchev–Trinajstić information content (AvgIpc) is 2.84. The van der Waals surface area contributed by atoms with Crippen LogP contribution in [0.1, 0.15) is 61.6 Å². The average molecular weight is 388 g/mol. The molecule has 0 unspecified atom stereocenters. The zero-order valence-electron chi connectivity index (χ0n) is 16.3. The van der Waals surface area contributed by atoms with E-state index in [-0.39, 0.29) is 24.5 Å². The van der Waals surface area contributed by atoms with Gasteiger partial charge in [-0.25, -0.2) is 0 Å². The molecule has 5 heteroatoms. The first-order valence-corrected chi connectivity index (χ1v) is 11.0. The standard InChI is InChI=1S/C22H29NO3S/c1-15-10-11-18(16(2)14-15)19-20(27-13-12-24)22(26)23(21(19)25)17-8-6-4-3-5-7-9-17/h10-11,14,17,24H,3-9,12-13H2,1-2H3. The molecular formula is C22H29NO3S. The highest BCUT2D eigenvalue weighted by Gasteiger charge is 2.42. The summed E-state index contributed by atoms with van der Waals surface area (Å²) >= 11 is 1.31. The quantitative estimate of drug-likeness (QED) is 0.769. The largest absolute Gasteiger partial charge is 0.396 e. The molecule has 146 valence electrons. The van der Waals surface area contributed by atoms with Crippen LogP contribution in [0.15, 0.2) is 23.1 Å². The Kier molecular flexibility index (Phi) is 6.77. The highest BCUT2D eigenvalue weighted by atomic mass is 32.2. The van der Waals surface area contributed by atoms with Gasteiger partial charge in [-0.3, -0.25) is 14.5 Å². The van der Waals surface area contributed by atoms with E-state index in [1.165, 1.54) is 35.9 Å². The first kappa shape index (κ1) is 20.2. The molecule has 1 aliphatic carbocycles. The number of aryl methyl sites for hydroxylation is 2. The maximum atomic E-state index is 13.4. The second kappa shape index (κ2) is 9.07. The Bertz CT molecular complexity index is 748. The van der Waals surface area contributed by atoms with Crippen LogP contribution in [-0.4, -0.2) is 40.2 Å². The van der Waals surface area contributed by atoms with E-state index in [1.54, 1.807) is 0 Å². The first-order valence-electron chi connectivity index (χ1n) is 9.98. The third-order valence-corrected chi connectivity index (χ3v) is 6.56. The van der Waals surface area contributed by atoms with Crippen LogP contribution in [0.25, 0.3) is 5.57 Å². The predicted octanol–water partition coefficient (Wildman–Crippen LogP) is 4.22. The molecule has 0 spiro atoms. The zero-order valence-corrected chi connectivity index (χ0v) is 17.1. The Balaban J connectivity index is 1.98. The van der Waals surface area contributed by atoms with Crippen LogP contribution >= 0.6 is 11.8 Å². The monoisotopic (exact) mass is 387 g/mol. The summed E-state index contributed by atoms with van der Waals surface area (Å²) in [4.78, 5) is 28.7. The second-order valence-electron chi connectivity index (χ2n) is 7.57. The Morgan fingerprint density at radius 2 is 1.70 bits per heavy atom. The molecule has 1 N–H and O–H groups in total. The predicted molar refractivity (Wildman–Crippen MR) is 110 cm³/mol. The van der Waals surface area contributed by atoms with Crippen LogP contribution in [0.2, 0.25) is 0 Å². The fourth-order valence-corrected chi connectivity index (χ4v) is 5.02. The Labute approximate surface area is 166 Å². The maximum Gasteiger partial charge on any atom is 0.268 e. The van der Waals surface area contributed by atoms with Crippen LogP contribution in [0.5, 0.6) is 0 Å². The fourth-order valence-electron chi connectivity index (χ4n) is 4.16. The Morgan fingerprint density at radius 3 is 2.33 bits per heavy atom. The number of aliphatic hydroxyl groups is 1. The number of carbonyl (C=O) groups is 2. The molecule has 1 heterocycles. The molecule has 0 atom stereocenters. The molecule has 1 aromatic rings. The molecule has 27 heavy (non-hydrogen) atoms. The zero-order chi connectivity index (χ0) is 19.4. The topological polar surface area (TPSA) is 57.6 Å². The summed E-state index contributed by atoms with van der Waals surface area (Å²) in [5.74, 6) is 0.0957. The maximum absolute atomic E-state index is 13.4. The van der Waals surface area contributed by atoms with Crippen molar-refractivity contribution in [2.45, 2.75) is 64.8 Å². The van der Waals surface area contributed by atoms with E-state index in [1.807, 2.05) is 32.0 Å². The Hall–Kier alpha value is -1.59. The molecule has 4 nitrogen and oxygen atoms in total.